The van der Waals surface area contributed by atoms with E-state index in [1.807, 2.05) is 24.3 Å². The molecule has 0 aliphatic carbocycles. The smallest absolute Gasteiger partial charge is 0.350 e. The molecule has 1 aliphatic heterocycles. The van der Waals surface area contributed by atoms with Crippen LogP contribution in [0.4, 0.5) is 11.4 Å². The SMILES string of the molecule is COC(=O)c1sccc1NC(=O)[C@@H]1CC(=O)N(c2ccccc2Br)C1. The molecule has 1 fully saturated rings. The minimum Gasteiger partial charge on any atom is -0.465 e. The molecule has 0 radical (unpaired) electrons. The lowest BCUT2D eigenvalue weighted by atomic mass is 10.1. The molecular weight excluding hydrogens is 408 g/mol. The Morgan fingerprint density at radius 1 is 1.32 bits per heavy atom. The van der Waals surface area contributed by atoms with E-state index in [2.05, 4.69) is 21.2 Å². The van der Waals surface area contributed by atoms with Crippen molar-refractivity contribution >= 4 is 56.4 Å². The molecule has 3 rings (SSSR count). The summed E-state index contributed by atoms with van der Waals surface area (Å²) in [5.41, 5.74) is 1.15. The molecule has 1 aromatic carbocycles. The number of methoxy groups -OCH3 is 1. The Kier molecular flexibility index (Phi) is 5.19. The number of nitrogens with zero attached hydrogens (tertiary/aromatic N) is 1. The average molecular weight is 423 g/mol. The maximum Gasteiger partial charge on any atom is 0.350 e. The number of nitrogens with one attached hydrogen (secondary N) is 1. The van der Waals surface area contributed by atoms with Gasteiger partial charge in [-0.05, 0) is 39.5 Å². The molecule has 130 valence electrons. The summed E-state index contributed by atoms with van der Waals surface area (Å²) in [6, 6.07) is 9.04. The van der Waals surface area contributed by atoms with E-state index in [0.717, 1.165) is 10.2 Å². The summed E-state index contributed by atoms with van der Waals surface area (Å²) in [6.07, 6.45) is 0.130. The molecule has 2 aromatic rings. The van der Waals surface area contributed by atoms with Crippen LogP contribution in [0.3, 0.4) is 0 Å². The molecule has 2 heterocycles. The van der Waals surface area contributed by atoms with Gasteiger partial charge in [0.1, 0.15) is 4.88 Å². The number of amides is 2. The van der Waals surface area contributed by atoms with Gasteiger partial charge in [0.2, 0.25) is 11.8 Å². The predicted molar refractivity (Wildman–Crippen MR) is 98.9 cm³/mol. The van der Waals surface area contributed by atoms with Crippen molar-refractivity contribution in [3.8, 4) is 0 Å². The fourth-order valence-electron chi connectivity index (χ4n) is 2.68. The first kappa shape index (κ1) is 17.6. The molecule has 1 atom stereocenters. The van der Waals surface area contributed by atoms with E-state index >= 15 is 0 Å². The van der Waals surface area contributed by atoms with Crippen LogP contribution in [0.2, 0.25) is 0 Å². The summed E-state index contributed by atoms with van der Waals surface area (Å²) in [4.78, 5) is 38.5. The first-order valence-corrected chi connectivity index (χ1v) is 9.20. The number of rotatable bonds is 4. The summed E-state index contributed by atoms with van der Waals surface area (Å²) >= 11 is 4.62. The number of anilines is 2. The first-order valence-electron chi connectivity index (χ1n) is 7.53. The predicted octanol–water partition coefficient (Wildman–Crippen LogP) is 3.29. The van der Waals surface area contributed by atoms with Crippen LogP contribution in [0.5, 0.6) is 0 Å². The molecule has 1 aliphatic rings. The standard InChI is InChI=1S/C17H15BrN2O4S/c1-24-17(23)15-12(6-7-25-15)19-16(22)10-8-14(21)20(9-10)13-5-3-2-4-11(13)18/h2-7,10H,8-9H2,1H3,(H,19,22)/t10-/m1/s1. The summed E-state index contributed by atoms with van der Waals surface area (Å²) in [5, 5.41) is 4.44. The maximum absolute atomic E-state index is 12.5. The minimum absolute atomic E-state index is 0.106. The zero-order valence-electron chi connectivity index (χ0n) is 13.3. The number of carbonyl (C=O) groups excluding carboxylic acids is 3. The third-order valence-electron chi connectivity index (χ3n) is 3.93. The topological polar surface area (TPSA) is 75.7 Å². The van der Waals surface area contributed by atoms with Crippen LogP contribution in [0.1, 0.15) is 16.1 Å². The molecule has 1 aromatic heterocycles. The Bertz CT molecular complexity index is 836. The minimum atomic E-state index is -0.498. The Morgan fingerprint density at radius 2 is 2.08 bits per heavy atom. The molecule has 2 amide bonds. The molecule has 25 heavy (non-hydrogen) atoms. The number of para-hydroxylation sites is 1. The molecule has 1 N–H and O–H groups in total. The van der Waals surface area contributed by atoms with Crippen LogP contribution in [0, 0.1) is 5.92 Å². The van der Waals surface area contributed by atoms with Gasteiger partial charge in [-0.15, -0.1) is 11.3 Å². The highest BCUT2D eigenvalue weighted by Crippen LogP contribution is 2.32. The second-order valence-corrected chi connectivity index (χ2v) is 7.27. The highest BCUT2D eigenvalue weighted by molar-refractivity contribution is 9.10. The van der Waals surface area contributed by atoms with Gasteiger partial charge in [0.15, 0.2) is 0 Å². The van der Waals surface area contributed by atoms with Crippen LogP contribution < -0.4 is 10.2 Å². The van der Waals surface area contributed by atoms with Gasteiger partial charge in [0.25, 0.3) is 0 Å². The van der Waals surface area contributed by atoms with Gasteiger partial charge in [0.05, 0.1) is 24.4 Å². The van der Waals surface area contributed by atoms with E-state index in [1.54, 1.807) is 16.3 Å². The van der Waals surface area contributed by atoms with Gasteiger partial charge >= 0.3 is 5.97 Å². The van der Waals surface area contributed by atoms with Gasteiger partial charge in [-0.3, -0.25) is 9.59 Å². The van der Waals surface area contributed by atoms with Crippen molar-refractivity contribution in [2.75, 3.05) is 23.9 Å². The number of hydrogen-bond donors (Lipinski definition) is 1. The maximum atomic E-state index is 12.5. The summed E-state index contributed by atoms with van der Waals surface area (Å²) < 4.78 is 5.50. The summed E-state index contributed by atoms with van der Waals surface area (Å²) in [6.45, 7) is 0.297. The Morgan fingerprint density at radius 3 is 2.80 bits per heavy atom. The van der Waals surface area contributed by atoms with E-state index < -0.39 is 11.9 Å². The molecule has 0 bridgehead atoms. The quantitative estimate of drug-likeness (QED) is 0.766. The van der Waals surface area contributed by atoms with E-state index in [9.17, 15) is 14.4 Å². The van der Waals surface area contributed by atoms with Crippen LogP contribution >= 0.6 is 27.3 Å². The van der Waals surface area contributed by atoms with Crippen molar-refractivity contribution in [1.29, 1.82) is 0 Å². The second kappa shape index (κ2) is 7.37. The molecule has 1 saturated heterocycles. The number of esters is 1. The molecule has 8 heteroatoms. The second-order valence-electron chi connectivity index (χ2n) is 5.50. The molecular formula is C17H15BrN2O4S. The molecule has 0 saturated carbocycles. The van der Waals surface area contributed by atoms with Crippen molar-refractivity contribution in [1.82, 2.24) is 0 Å². The molecule has 0 spiro atoms. The van der Waals surface area contributed by atoms with E-state index in [0.29, 0.717) is 17.1 Å². The van der Waals surface area contributed by atoms with Gasteiger partial charge < -0.3 is 15.0 Å². The number of benzene rings is 1. The third kappa shape index (κ3) is 3.59. The Labute approximate surface area is 156 Å². The van der Waals surface area contributed by atoms with Gasteiger partial charge in [-0.2, -0.15) is 0 Å². The lowest BCUT2D eigenvalue weighted by Gasteiger charge is -2.18. The first-order chi connectivity index (χ1) is 12.0. The van der Waals surface area contributed by atoms with Crippen LogP contribution in [-0.2, 0) is 14.3 Å². The number of thiophene rings is 1. The average Bonchev–Trinajstić information content (AvgIpc) is 3.21. The largest absolute Gasteiger partial charge is 0.465 e. The lowest BCUT2D eigenvalue weighted by Crippen LogP contribution is -2.28. The van der Waals surface area contributed by atoms with Gasteiger partial charge in [-0.25, -0.2) is 4.79 Å². The van der Waals surface area contributed by atoms with Gasteiger partial charge in [0, 0.05) is 17.4 Å². The number of carbonyl (C=O) groups is 3. The number of halogens is 1. The Balaban J connectivity index is 1.73. The van der Waals surface area contributed by atoms with Crippen LogP contribution in [-0.4, -0.2) is 31.4 Å². The highest BCUT2D eigenvalue weighted by atomic mass is 79.9. The van der Waals surface area contributed by atoms with E-state index in [4.69, 9.17) is 4.74 Å². The lowest BCUT2D eigenvalue weighted by molar-refractivity contribution is -0.122. The number of hydrogen-bond acceptors (Lipinski definition) is 5. The van der Waals surface area contributed by atoms with Crippen molar-refractivity contribution in [2.45, 2.75) is 6.42 Å². The zero-order chi connectivity index (χ0) is 18.0. The zero-order valence-corrected chi connectivity index (χ0v) is 15.7. The van der Waals surface area contributed by atoms with Crippen molar-refractivity contribution < 1.29 is 19.1 Å². The third-order valence-corrected chi connectivity index (χ3v) is 5.50. The van der Waals surface area contributed by atoms with Crippen LogP contribution in [0.15, 0.2) is 40.2 Å². The summed E-state index contributed by atoms with van der Waals surface area (Å²) in [5.74, 6) is -1.37. The van der Waals surface area contributed by atoms with E-state index in [-0.39, 0.29) is 18.2 Å². The summed E-state index contributed by atoms with van der Waals surface area (Å²) in [7, 11) is 1.29. The molecule has 6 nitrogen and oxygen atoms in total. The Hall–Kier alpha value is -2.19. The fourth-order valence-corrected chi connectivity index (χ4v) is 3.94. The van der Waals surface area contributed by atoms with Crippen molar-refractivity contribution in [2.24, 2.45) is 5.92 Å². The number of ether oxygens (including phenoxy) is 1. The molecule has 0 unspecified atom stereocenters. The highest BCUT2D eigenvalue weighted by Gasteiger charge is 2.36. The normalized spacial score (nSPS) is 16.8. The van der Waals surface area contributed by atoms with E-state index in [1.165, 1.54) is 18.4 Å². The van der Waals surface area contributed by atoms with Crippen molar-refractivity contribution in [3.63, 3.8) is 0 Å². The van der Waals surface area contributed by atoms with Crippen molar-refractivity contribution in [3.05, 3.63) is 45.1 Å². The fraction of sp³-hybridized carbons (Fsp3) is 0.235. The monoisotopic (exact) mass is 422 g/mol. The van der Waals surface area contributed by atoms with Gasteiger partial charge in [-0.1, -0.05) is 12.1 Å². The van der Waals surface area contributed by atoms with Crippen LogP contribution in [0.25, 0.3) is 0 Å².